The van der Waals surface area contributed by atoms with Crippen LogP contribution >= 0.6 is 0 Å². The van der Waals surface area contributed by atoms with Crippen molar-refractivity contribution in [1.82, 2.24) is 4.57 Å². The second kappa shape index (κ2) is 5.52. The highest BCUT2D eigenvalue weighted by molar-refractivity contribution is 5.86. The molecule has 0 unspecified atom stereocenters. The Bertz CT molecular complexity index is 540. The molecule has 0 saturated carbocycles. The Hall–Kier alpha value is -2.36. The molecule has 19 heavy (non-hydrogen) atoms. The second-order valence-corrected chi connectivity index (χ2v) is 4.94. The average molecular weight is 265 g/mol. The van der Waals surface area contributed by atoms with E-state index in [1.807, 2.05) is 0 Å². The largest absolute Gasteiger partial charge is 0.477 e. The lowest BCUT2D eigenvalue weighted by Gasteiger charge is -2.14. The first-order chi connectivity index (χ1) is 8.76. The van der Waals surface area contributed by atoms with Crippen LogP contribution in [-0.2, 0) is 6.54 Å². The van der Waals surface area contributed by atoms with Crippen LogP contribution in [0.5, 0.6) is 0 Å². The summed E-state index contributed by atoms with van der Waals surface area (Å²) in [6.45, 7) is 3.92. The number of nitrogens with zero attached hydrogens (tertiary/aromatic N) is 3. The van der Waals surface area contributed by atoms with Crippen molar-refractivity contribution in [3.8, 4) is 6.07 Å². The third-order valence-corrected chi connectivity index (χ3v) is 2.82. The van der Waals surface area contributed by atoms with Crippen molar-refractivity contribution < 1.29 is 14.8 Å². The maximum Gasteiger partial charge on any atom is 0.352 e. The van der Waals surface area contributed by atoms with Gasteiger partial charge in [-0.2, -0.15) is 5.26 Å². The average Bonchev–Trinajstić information content (AvgIpc) is 2.73. The van der Waals surface area contributed by atoms with Crippen LogP contribution in [0.15, 0.2) is 12.3 Å². The van der Waals surface area contributed by atoms with Crippen molar-refractivity contribution in [2.45, 2.75) is 33.2 Å². The van der Waals surface area contributed by atoms with Gasteiger partial charge in [-0.3, -0.25) is 10.1 Å². The number of carbonyl (C=O) groups is 1. The number of aromatic nitrogens is 1. The lowest BCUT2D eigenvalue weighted by atomic mass is 9.90. The molecule has 7 nitrogen and oxygen atoms in total. The fraction of sp³-hybridized carbons (Fsp3) is 0.500. The van der Waals surface area contributed by atoms with Gasteiger partial charge in [-0.25, -0.2) is 4.79 Å². The number of aromatic carboxylic acids is 1. The summed E-state index contributed by atoms with van der Waals surface area (Å²) in [5, 5.41) is 28.5. The molecular weight excluding hydrogens is 250 g/mol. The van der Waals surface area contributed by atoms with Gasteiger partial charge in [-0.1, -0.05) is 0 Å². The molecule has 0 aromatic carbocycles. The van der Waals surface area contributed by atoms with E-state index in [0.717, 1.165) is 6.07 Å². The minimum absolute atomic E-state index is 0.110. The topological polar surface area (TPSA) is 109 Å². The maximum atomic E-state index is 11.0. The van der Waals surface area contributed by atoms with Crippen molar-refractivity contribution in [2.75, 3.05) is 0 Å². The molecule has 0 atom stereocenters. The van der Waals surface area contributed by atoms with E-state index in [1.165, 1.54) is 10.8 Å². The molecule has 0 aliphatic carbocycles. The van der Waals surface area contributed by atoms with Crippen LogP contribution in [-0.4, -0.2) is 20.6 Å². The predicted octanol–water partition coefficient (Wildman–Crippen LogP) is 2.42. The number of carboxylic acids is 1. The van der Waals surface area contributed by atoms with Crippen molar-refractivity contribution >= 4 is 11.7 Å². The molecule has 7 heteroatoms. The molecule has 0 spiro atoms. The van der Waals surface area contributed by atoms with E-state index in [0.29, 0.717) is 19.4 Å². The quantitative estimate of drug-likeness (QED) is 0.627. The summed E-state index contributed by atoms with van der Waals surface area (Å²) in [5.74, 6) is -1.20. The van der Waals surface area contributed by atoms with Crippen LogP contribution in [0.4, 0.5) is 5.69 Å². The minimum Gasteiger partial charge on any atom is -0.477 e. The van der Waals surface area contributed by atoms with Gasteiger partial charge in [0.2, 0.25) is 0 Å². The monoisotopic (exact) mass is 265 g/mol. The molecule has 0 aliphatic rings. The molecule has 0 fully saturated rings. The molecule has 0 aliphatic heterocycles. The van der Waals surface area contributed by atoms with Gasteiger partial charge in [0.1, 0.15) is 5.69 Å². The Morgan fingerprint density at radius 3 is 2.74 bits per heavy atom. The molecule has 1 heterocycles. The van der Waals surface area contributed by atoms with Gasteiger partial charge in [0.15, 0.2) is 0 Å². The molecule has 102 valence electrons. The zero-order valence-electron chi connectivity index (χ0n) is 10.8. The first-order valence-electron chi connectivity index (χ1n) is 5.76. The van der Waals surface area contributed by atoms with E-state index in [-0.39, 0.29) is 11.4 Å². The summed E-state index contributed by atoms with van der Waals surface area (Å²) < 4.78 is 1.34. The maximum absolute atomic E-state index is 11.0. The third kappa shape index (κ3) is 3.81. The van der Waals surface area contributed by atoms with Gasteiger partial charge in [0, 0.05) is 12.6 Å². The minimum atomic E-state index is -1.20. The van der Waals surface area contributed by atoms with Crippen LogP contribution < -0.4 is 0 Å². The van der Waals surface area contributed by atoms with Gasteiger partial charge in [-0.05, 0) is 26.7 Å². The number of aryl methyl sites for hydroxylation is 1. The zero-order valence-corrected chi connectivity index (χ0v) is 10.8. The highest BCUT2D eigenvalue weighted by atomic mass is 16.6. The first kappa shape index (κ1) is 14.7. The van der Waals surface area contributed by atoms with E-state index in [2.05, 4.69) is 6.07 Å². The van der Waals surface area contributed by atoms with E-state index in [9.17, 15) is 14.9 Å². The number of nitriles is 1. The van der Waals surface area contributed by atoms with Crippen LogP contribution in [0, 0.1) is 26.9 Å². The van der Waals surface area contributed by atoms with E-state index >= 15 is 0 Å². The van der Waals surface area contributed by atoms with Crippen LogP contribution in [0.3, 0.4) is 0 Å². The Kier molecular flexibility index (Phi) is 4.27. The van der Waals surface area contributed by atoms with Crippen molar-refractivity contribution in [2.24, 2.45) is 5.41 Å². The Balaban J connectivity index is 2.81. The Morgan fingerprint density at radius 2 is 2.26 bits per heavy atom. The molecule has 0 radical (unpaired) electrons. The van der Waals surface area contributed by atoms with E-state index in [4.69, 9.17) is 10.4 Å². The summed E-state index contributed by atoms with van der Waals surface area (Å²) in [6.07, 6.45) is 2.38. The Morgan fingerprint density at radius 1 is 1.63 bits per heavy atom. The van der Waals surface area contributed by atoms with Gasteiger partial charge in [0.25, 0.3) is 5.69 Å². The van der Waals surface area contributed by atoms with E-state index < -0.39 is 16.3 Å². The smallest absolute Gasteiger partial charge is 0.352 e. The standard InChI is InChI=1S/C12H15N3O4/c1-12(2,8-13)4-3-5-14-7-9(15(18)19)6-10(14)11(16)17/h6-7H,3-5H2,1-2H3,(H,16,17). The first-order valence-corrected chi connectivity index (χ1v) is 5.76. The fourth-order valence-electron chi connectivity index (χ4n) is 1.71. The van der Waals surface area contributed by atoms with Crippen LogP contribution in [0.1, 0.15) is 37.2 Å². The summed E-state index contributed by atoms with van der Waals surface area (Å²) in [4.78, 5) is 21.0. The molecule has 0 amide bonds. The van der Waals surface area contributed by atoms with Gasteiger partial charge in [0.05, 0.1) is 22.6 Å². The second-order valence-electron chi connectivity index (χ2n) is 4.94. The molecular formula is C12H15N3O4. The molecule has 0 saturated heterocycles. The van der Waals surface area contributed by atoms with Crippen molar-refractivity contribution in [1.29, 1.82) is 5.26 Å². The van der Waals surface area contributed by atoms with Crippen LogP contribution in [0.25, 0.3) is 0 Å². The normalized spacial score (nSPS) is 11.0. The summed E-state index contributed by atoms with van der Waals surface area (Å²) in [6, 6.07) is 3.19. The van der Waals surface area contributed by atoms with Crippen molar-refractivity contribution in [3.63, 3.8) is 0 Å². The number of nitro groups is 1. The fourth-order valence-corrected chi connectivity index (χ4v) is 1.71. The molecule has 1 aromatic heterocycles. The predicted molar refractivity (Wildman–Crippen MR) is 66.7 cm³/mol. The van der Waals surface area contributed by atoms with Gasteiger partial charge < -0.3 is 9.67 Å². The lowest BCUT2D eigenvalue weighted by Crippen LogP contribution is -2.12. The number of rotatable bonds is 6. The molecule has 1 rings (SSSR count). The highest BCUT2D eigenvalue weighted by Crippen LogP contribution is 2.23. The van der Waals surface area contributed by atoms with Crippen LogP contribution in [0.2, 0.25) is 0 Å². The van der Waals surface area contributed by atoms with Gasteiger partial charge in [-0.15, -0.1) is 0 Å². The number of hydrogen-bond acceptors (Lipinski definition) is 4. The summed E-state index contributed by atoms with van der Waals surface area (Å²) >= 11 is 0. The SMILES string of the molecule is CC(C)(C#N)CCCn1cc([N+](=O)[O-])cc1C(=O)O. The molecule has 1 N–H and O–H groups in total. The Labute approximate surface area is 110 Å². The van der Waals surface area contributed by atoms with Crippen molar-refractivity contribution in [3.05, 3.63) is 28.1 Å². The summed E-state index contributed by atoms with van der Waals surface area (Å²) in [7, 11) is 0. The lowest BCUT2D eigenvalue weighted by molar-refractivity contribution is -0.384. The highest BCUT2D eigenvalue weighted by Gasteiger charge is 2.20. The number of hydrogen-bond donors (Lipinski definition) is 1. The van der Waals surface area contributed by atoms with E-state index in [1.54, 1.807) is 13.8 Å². The third-order valence-electron chi connectivity index (χ3n) is 2.82. The van der Waals surface area contributed by atoms with Gasteiger partial charge >= 0.3 is 5.97 Å². The summed E-state index contributed by atoms with van der Waals surface area (Å²) in [5.41, 5.74) is -0.832. The molecule has 0 bridgehead atoms. The number of carboxylic acid groups (broad SMARTS) is 1. The zero-order chi connectivity index (χ0) is 14.6. The molecule has 1 aromatic rings.